The van der Waals surface area contributed by atoms with E-state index < -0.39 is 17.3 Å². The number of rotatable bonds is 15. The third-order valence-electron chi connectivity index (χ3n) is 8.27. The maximum absolute atomic E-state index is 14.2. The van der Waals surface area contributed by atoms with Crippen LogP contribution in [-0.2, 0) is 9.53 Å². The average Bonchev–Trinajstić information content (AvgIpc) is 3.64. The van der Waals surface area contributed by atoms with Gasteiger partial charge in [-0.25, -0.2) is 9.36 Å². The minimum atomic E-state index is -0.905. The Kier molecular flexibility index (Phi) is 12.0. The highest BCUT2D eigenvalue weighted by molar-refractivity contribution is 6.40. The minimum absolute atomic E-state index is 0.0535. The van der Waals surface area contributed by atoms with Crippen LogP contribution < -0.4 is 10.9 Å². The van der Waals surface area contributed by atoms with Gasteiger partial charge in [0.1, 0.15) is 5.69 Å². The summed E-state index contributed by atoms with van der Waals surface area (Å²) in [7, 11) is 0. The summed E-state index contributed by atoms with van der Waals surface area (Å²) in [4.78, 5) is 27.9. The average molecular weight is 677 g/mol. The summed E-state index contributed by atoms with van der Waals surface area (Å²) in [6.07, 6.45) is 5.71. The van der Waals surface area contributed by atoms with Crippen LogP contribution in [0, 0.1) is 11.3 Å². The molecule has 3 N–H and O–H groups in total. The number of carbonyl (C=O) groups is 1. The van der Waals surface area contributed by atoms with Gasteiger partial charge >= 0.3 is 0 Å². The Hall–Kier alpha value is -3.08. The summed E-state index contributed by atoms with van der Waals surface area (Å²) >= 11 is 19.0. The minimum Gasteiger partial charge on any atom is -0.368 e. The molecule has 0 fully saturated rings. The molecule has 45 heavy (non-hydrogen) atoms. The standard InChI is InChI=1S/C33H40Cl3N5O4/c1-5-7-16-45-31(43)21(3)17-23(22-12-9-8-10-13-22)20-33(4,6-2)32(44)38-29-28(40-15-11-14-37-40)30(42)41(39-29)27-25(35)18-24(34)19-26(27)36/h8-15,18-19,21,23,31,39,43H,5-7,16-17,20H2,1-4H3,(H,38,44). The third kappa shape index (κ3) is 8.20. The lowest BCUT2D eigenvalue weighted by Gasteiger charge is -2.33. The van der Waals surface area contributed by atoms with Crippen LogP contribution in [0.15, 0.2) is 65.7 Å². The molecule has 4 unspecified atom stereocenters. The van der Waals surface area contributed by atoms with Crippen LogP contribution in [0.3, 0.4) is 0 Å². The van der Waals surface area contributed by atoms with Crippen LogP contribution in [-0.4, -0.2) is 43.5 Å². The molecule has 4 rings (SSSR count). The lowest BCUT2D eigenvalue weighted by molar-refractivity contribution is -0.134. The van der Waals surface area contributed by atoms with Gasteiger partial charge in [0, 0.05) is 35.4 Å². The number of halogens is 3. The van der Waals surface area contributed by atoms with Crippen molar-refractivity contribution in [1.82, 2.24) is 19.6 Å². The summed E-state index contributed by atoms with van der Waals surface area (Å²) in [5.74, 6) is -0.364. The molecule has 2 aromatic carbocycles. The Morgan fingerprint density at radius 1 is 1.11 bits per heavy atom. The van der Waals surface area contributed by atoms with Crippen molar-refractivity contribution in [2.45, 2.75) is 72.0 Å². The largest absolute Gasteiger partial charge is 0.368 e. The zero-order valence-electron chi connectivity index (χ0n) is 25.9. The Bertz CT molecular complexity index is 1600. The first-order valence-electron chi connectivity index (χ1n) is 15.1. The first-order chi connectivity index (χ1) is 21.5. The summed E-state index contributed by atoms with van der Waals surface area (Å²) in [5, 5.41) is 21.5. The number of aromatic nitrogens is 4. The van der Waals surface area contributed by atoms with E-state index in [1.165, 1.54) is 27.7 Å². The second-order valence-corrected chi connectivity index (χ2v) is 12.9. The Morgan fingerprint density at radius 3 is 2.40 bits per heavy atom. The van der Waals surface area contributed by atoms with Crippen molar-refractivity contribution < 1.29 is 14.6 Å². The first-order valence-corrected chi connectivity index (χ1v) is 16.3. The van der Waals surface area contributed by atoms with Crippen molar-refractivity contribution in [3.8, 4) is 11.4 Å². The van der Waals surface area contributed by atoms with Crippen LogP contribution in [0.2, 0.25) is 15.1 Å². The molecule has 0 radical (unpaired) electrons. The van der Waals surface area contributed by atoms with E-state index in [1.807, 2.05) is 51.1 Å². The number of aliphatic hydroxyl groups is 1. The fraction of sp³-hybridized carbons (Fsp3) is 0.424. The molecule has 0 aliphatic carbocycles. The molecule has 0 bridgehead atoms. The van der Waals surface area contributed by atoms with Gasteiger partial charge in [0.15, 0.2) is 17.8 Å². The molecule has 4 aromatic rings. The second-order valence-electron chi connectivity index (χ2n) is 11.7. The first kappa shape index (κ1) is 34.8. The van der Waals surface area contributed by atoms with Gasteiger partial charge < -0.3 is 15.2 Å². The molecule has 4 atom stereocenters. The van der Waals surface area contributed by atoms with Crippen LogP contribution in [0.4, 0.5) is 5.82 Å². The van der Waals surface area contributed by atoms with Crippen molar-refractivity contribution in [2.24, 2.45) is 11.3 Å². The molecule has 0 aliphatic heterocycles. The molecular formula is C33H40Cl3N5O4. The molecule has 0 saturated heterocycles. The van der Waals surface area contributed by atoms with Gasteiger partial charge in [-0.2, -0.15) is 5.10 Å². The van der Waals surface area contributed by atoms with Gasteiger partial charge in [-0.05, 0) is 55.4 Å². The quantitative estimate of drug-likeness (QED) is 0.0872. The zero-order chi connectivity index (χ0) is 32.7. The molecule has 242 valence electrons. The monoisotopic (exact) mass is 675 g/mol. The van der Waals surface area contributed by atoms with Crippen molar-refractivity contribution >= 4 is 46.5 Å². The van der Waals surface area contributed by atoms with Crippen molar-refractivity contribution in [2.75, 3.05) is 11.9 Å². The van der Waals surface area contributed by atoms with E-state index in [2.05, 4.69) is 22.4 Å². The second kappa shape index (κ2) is 15.5. The number of carbonyl (C=O) groups excluding carboxylic acids is 1. The fourth-order valence-electron chi connectivity index (χ4n) is 5.38. The van der Waals surface area contributed by atoms with Gasteiger partial charge in [-0.1, -0.05) is 99.3 Å². The molecule has 2 heterocycles. The van der Waals surface area contributed by atoms with Gasteiger partial charge in [0.05, 0.1) is 10.0 Å². The highest BCUT2D eigenvalue weighted by Gasteiger charge is 2.37. The number of aliphatic hydroxyl groups excluding tert-OH is 1. The van der Waals surface area contributed by atoms with E-state index in [1.54, 1.807) is 12.3 Å². The maximum atomic E-state index is 14.2. The van der Waals surface area contributed by atoms with Gasteiger partial charge in [0.2, 0.25) is 5.91 Å². The third-order valence-corrected chi connectivity index (χ3v) is 9.06. The number of amides is 1. The summed E-state index contributed by atoms with van der Waals surface area (Å²) < 4.78 is 8.24. The fourth-order valence-corrected chi connectivity index (χ4v) is 6.37. The Morgan fingerprint density at radius 2 is 1.80 bits per heavy atom. The van der Waals surface area contributed by atoms with E-state index in [9.17, 15) is 14.7 Å². The van der Waals surface area contributed by atoms with E-state index in [0.29, 0.717) is 30.9 Å². The summed E-state index contributed by atoms with van der Waals surface area (Å²) in [6.45, 7) is 8.41. The number of hydrogen-bond acceptors (Lipinski definition) is 5. The molecule has 0 saturated carbocycles. The summed E-state index contributed by atoms with van der Waals surface area (Å²) in [5.41, 5.74) is -0.0237. The molecule has 9 nitrogen and oxygen atoms in total. The van der Waals surface area contributed by atoms with Crippen molar-refractivity contribution in [1.29, 1.82) is 0 Å². The van der Waals surface area contributed by atoms with Gasteiger partial charge in [-0.3, -0.25) is 14.7 Å². The number of ether oxygens (including phenoxy) is 1. The molecule has 12 heteroatoms. The normalized spacial score (nSPS) is 14.9. The number of anilines is 1. The van der Waals surface area contributed by atoms with E-state index in [4.69, 9.17) is 39.5 Å². The lowest BCUT2D eigenvalue weighted by Crippen LogP contribution is -2.36. The van der Waals surface area contributed by atoms with Crippen molar-refractivity contribution in [3.05, 3.63) is 91.9 Å². The van der Waals surface area contributed by atoms with E-state index >= 15 is 0 Å². The molecular weight excluding hydrogens is 637 g/mol. The maximum Gasteiger partial charge on any atom is 0.299 e. The Labute approximate surface area is 278 Å². The number of nitrogens with one attached hydrogen (secondary N) is 2. The summed E-state index contributed by atoms with van der Waals surface area (Å²) in [6, 6.07) is 14.6. The van der Waals surface area contributed by atoms with Crippen LogP contribution >= 0.6 is 34.8 Å². The highest BCUT2D eigenvalue weighted by atomic mass is 35.5. The number of aromatic amines is 1. The molecule has 1 amide bonds. The van der Waals surface area contributed by atoms with Gasteiger partial charge in [-0.15, -0.1) is 0 Å². The SMILES string of the molecule is CCCCOC(O)C(C)CC(CC(C)(CC)C(=O)Nc1[nH]n(-c2c(Cl)cc(Cl)cc2Cl)c(=O)c1-n1cccn1)c1ccccc1. The number of hydrogen-bond donors (Lipinski definition) is 3. The molecule has 0 aliphatic rings. The molecule has 2 aromatic heterocycles. The smallest absolute Gasteiger partial charge is 0.299 e. The predicted molar refractivity (Wildman–Crippen MR) is 180 cm³/mol. The zero-order valence-corrected chi connectivity index (χ0v) is 28.2. The number of nitrogens with zero attached hydrogens (tertiary/aromatic N) is 3. The predicted octanol–water partition coefficient (Wildman–Crippen LogP) is 8.00. The number of unbranched alkanes of at least 4 members (excludes halogenated alkanes) is 1. The highest BCUT2D eigenvalue weighted by Crippen LogP contribution is 2.40. The van der Waals surface area contributed by atoms with E-state index in [0.717, 1.165) is 18.4 Å². The lowest BCUT2D eigenvalue weighted by atomic mass is 9.73. The van der Waals surface area contributed by atoms with Crippen molar-refractivity contribution in [3.63, 3.8) is 0 Å². The van der Waals surface area contributed by atoms with Crippen LogP contribution in [0.5, 0.6) is 0 Å². The number of benzene rings is 2. The van der Waals surface area contributed by atoms with E-state index in [-0.39, 0.29) is 45.0 Å². The number of H-pyrrole nitrogens is 1. The van der Waals surface area contributed by atoms with Gasteiger partial charge in [0.25, 0.3) is 5.56 Å². The molecule has 0 spiro atoms. The Balaban J connectivity index is 1.67. The van der Waals surface area contributed by atoms with Crippen LogP contribution in [0.25, 0.3) is 11.4 Å². The van der Waals surface area contributed by atoms with Crippen LogP contribution in [0.1, 0.15) is 71.3 Å². The topological polar surface area (TPSA) is 114 Å².